The predicted octanol–water partition coefficient (Wildman–Crippen LogP) is 3.87. The van der Waals surface area contributed by atoms with Crippen LogP contribution >= 0.6 is 11.6 Å². The van der Waals surface area contributed by atoms with Gasteiger partial charge in [0.1, 0.15) is 17.2 Å². The minimum Gasteiger partial charge on any atom is -0.506 e. The fraction of sp³-hybridized carbons (Fsp3) is 0.118. The second-order valence-electron chi connectivity index (χ2n) is 4.57. The topological polar surface area (TPSA) is 67.8 Å². The zero-order valence-corrected chi connectivity index (χ0v) is 13.4. The number of phenols is 1. The Kier molecular flexibility index (Phi) is 5.49. The highest BCUT2D eigenvalue weighted by atomic mass is 35.5. The molecule has 2 aromatic rings. The molecule has 2 N–H and O–H groups in total. The molecule has 0 atom stereocenters. The molecular weight excluding hydrogens is 318 g/mol. The molecule has 0 aliphatic heterocycles. The number of hydrogen-bond donors (Lipinski definition) is 2. The number of carbonyl (C=O) groups excluding carboxylic acids is 1. The number of ketones is 1. The number of carbonyl (C=O) groups is 1. The third kappa shape index (κ3) is 4.17. The van der Waals surface area contributed by atoms with Crippen molar-refractivity contribution in [1.82, 2.24) is 0 Å². The number of hydrogen-bond acceptors (Lipinski definition) is 5. The van der Waals surface area contributed by atoms with Crippen molar-refractivity contribution in [3.8, 4) is 17.2 Å². The smallest absolute Gasteiger partial charge is 0.191 e. The summed E-state index contributed by atoms with van der Waals surface area (Å²) in [6.45, 7) is 0. The van der Waals surface area contributed by atoms with Crippen molar-refractivity contribution in [2.75, 3.05) is 19.5 Å². The SMILES string of the molecule is COc1ccc(C(=O)/C=C/Nc2cc(Cl)ccc2O)c(OC)c1. The molecule has 0 unspecified atom stereocenters. The Morgan fingerprint density at radius 3 is 2.65 bits per heavy atom. The third-order valence-electron chi connectivity index (χ3n) is 3.11. The van der Waals surface area contributed by atoms with Crippen molar-refractivity contribution in [2.24, 2.45) is 0 Å². The monoisotopic (exact) mass is 333 g/mol. The molecule has 0 radical (unpaired) electrons. The van der Waals surface area contributed by atoms with Gasteiger partial charge in [-0.25, -0.2) is 0 Å². The number of methoxy groups -OCH3 is 2. The summed E-state index contributed by atoms with van der Waals surface area (Å²) in [5.74, 6) is 0.806. The van der Waals surface area contributed by atoms with Crippen molar-refractivity contribution >= 4 is 23.1 Å². The van der Waals surface area contributed by atoms with Gasteiger partial charge in [0.05, 0.1) is 25.5 Å². The van der Waals surface area contributed by atoms with E-state index in [-0.39, 0.29) is 11.5 Å². The van der Waals surface area contributed by atoms with Gasteiger partial charge in [-0.05, 0) is 30.3 Å². The van der Waals surface area contributed by atoms with Gasteiger partial charge in [0.25, 0.3) is 0 Å². The van der Waals surface area contributed by atoms with E-state index in [1.165, 1.54) is 32.6 Å². The second kappa shape index (κ2) is 7.56. The normalized spacial score (nSPS) is 10.6. The first-order chi connectivity index (χ1) is 11.0. The van der Waals surface area contributed by atoms with Crippen molar-refractivity contribution in [2.45, 2.75) is 0 Å². The number of benzene rings is 2. The first-order valence-electron chi connectivity index (χ1n) is 6.73. The summed E-state index contributed by atoms with van der Waals surface area (Å²) >= 11 is 5.85. The van der Waals surface area contributed by atoms with E-state index in [2.05, 4.69) is 5.32 Å². The van der Waals surface area contributed by atoms with Crippen molar-refractivity contribution < 1.29 is 19.4 Å². The molecule has 0 heterocycles. The Labute approximate surface area is 139 Å². The molecule has 2 rings (SSSR count). The molecular formula is C17H16ClNO4. The number of aromatic hydroxyl groups is 1. The van der Waals surface area contributed by atoms with Crippen LogP contribution in [0, 0.1) is 0 Å². The lowest BCUT2D eigenvalue weighted by Crippen LogP contribution is -2.00. The Morgan fingerprint density at radius 1 is 1.17 bits per heavy atom. The molecule has 0 saturated heterocycles. The minimum absolute atomic E-state index is 0.0357. The van der Waals surface area contributed by atoms with Crippen LogP contribution < -0.4 is 14.8 Å². The molecule has 5 nitrogen and oxygen atoms in total. The Morgan fingerprint density at radius 2 is 1.96 bits per heavy atom. The molecule has 0 spiro atoms. The maximum absolute atomic E-state index is 12.2. The molecule has 0 aliphatic carbocycles. The van der Waals surface area contributed by atoms with Crippen LogP contribution in [0.3, 0.4) is 0 Å². The fourth-order valence-corrected chi connectivity index (χ4v) is 2.09. The van der Waals surface area contributed by atoms with Gasteiger partial charge in [0.15, 0.2) is 5.78 Å². The van der Waals surface area contributed by atoms with E-state index in [1.807, 2.05) is 0 Å². The van der Waals surface area contributed by atoms with Crippen LogP contribution in [0.4, 0.5) is 5.69 Å². The third-order valence-corrected chi connectivity index (χ3v) is 3.34. The molecule has 0 fully saturated rings. The van der Waals surface area contributed by atoms with Crippen LogP contribution in [0.1, 0.15) is 10.4 Å². The standard InChI is InChI=1S/C17H16ClNO4/c1-22-12-4-5-13(17(10-12)23-2)15(20)7-8-19-14-9-11(18)3-6-16(14)21/h3-10,19,21H,1-2H3/b8-7+. The van der Waals surface area contributed by atoms with E-state index in [0.717, 1.165) is 0 Å². The summed E-state index contributed by atoms with van der Waals surface area (Å²) in [5.41, 5.74) is 0.810. The van der Waals surface area contributed by atoms with Crippen LogP contribution in [0.2, 0.25) is 5.02 Å². The van der Waals surface area contributed by atoms with Crippen molar-refractivity contribution in [3.63, 3.8) is 0 Å². The Bertz CT molecular complexity index is 743. The maximum atomic E-state index is 12.2. The van der Waals surface area contributed by atoms with Gasteiger partial charge in [0.2, 0.25) is 0 Å². The number of nitrogens with one attached hydrogen (secondary N) is 1. The summed E-state index contributed by atoms with van der Waals surface area (Å²) < 4.78 is 10.3. The predicted molar refractivity (Wildman–Crippen MR) is 89.8 cm³/mol. The van der Waals surface area contributed by atoms with Crippen LogP contribution in [0.25, 0.3) is 0 Å². The molecule has 2 aromatic carbocycles. The molecule has 0 aromatic heterocycles. The fourth-order valence-electron chi connectivity index (χ4n) is 1.92. The van der Waals surface area contributed by atoms with Crippen LogP contribution in [0.15, 0.2) is 48.7 Å². The number of anilines is 1. The van der Waals surface area contributed by atoms with E-state index in [1.54, 1.807) is 30.3 Å². The highest BCUT2D eigenvalue weighted by molar-refractivity contribution is 6.30. The summed E-state index contributed by atoms with van der Waals surface area (Å²) in [5, 5.41) is 13.0. The first kappa shape index (κ1) is 16.7. The summed E-state index contributed by atoms with van der Waals surface area (Å²) in [6.07, 6.45) is 2.77. The van der Waals surface area contributed by atoms with E-state index in [0.29, 0.717) is 27.8 Å². The summed E-state index contributed by atoms with van der Waals surface area (Å²) in [6, 6.07) is 9.53. The van der Waals surface area contributed by atoms with Crippen LogP contribution in [-0.4, -0.2) is 25.1 Å². The van der Waals surface area contributed by atoms with E-state index < -0.39 is 0 Å². The van der Waals surface area contributed by atoms with Gasteiger partial charge < -0.3 is 19.9 Å². The number of phenolic OH excluding ortho intramolecular Hbond substituents is 1. The zero-order chi connectivity index (χ0) is 16.8. The van der Waals surface area contributed by atoms with Gasteiger partial charge in [-0.15, -0.1) is 0 Å². The summed E-state index contributed by atoms with van der Waals surface area (Å²) in [4.78, 5) is 12.2. The van der Waals surface area contributed by atoms with Crippen LogP contribution in [-0.2, 0) is 0 Å². The van der Waals surface area contributed by atoms with Crippen molar-refractivity contribution in [1.29, 1.82) is 0 Å². The van der Waals surface area contributed by atoms with Crippen LogP contribution in [0.5, 0.6) is 17.2 Å². The van der Waals surface area contributed by atoms with E-state index in [9.17, 15) is 9.90 Å². The Hall–Kier alpha value is -2.66. The molecule has 0 bridgehead atoms. The number of rotatable bonds is 6. The average Bonchev–Trinajstić information content (AvgIpc) is 2.57. The highest BCUT2D eigenvalue weighted by Gasteiger charge is 2.10. The molecule has 23 heavy (non-hydrogen) atoms. The van der Waals surface area contributed by atoms with E-state index in [4.69, 9.17) is 21.1 Å². The quantitative estimate of drug-likeness (QED) is 0.477. The number of ether oxygens (including phenoxy) is 2. The second-order valence-corrected chi connectivity index (χ2v) is 5.01. The lowest BCUT2D eigenvalue weighted by molar-refractivity contribution is 0.104. The van der Waals surface area contributed by atoms with Gasteiger partial charge in [-0.3, -0.25) is 4.79 Å². The average molecular weight is 334 g/mol. The number of halogens is 1. The lowest BCUT2D eigenvalue weighted by Gasteiger charge is -2.08. The first-order valence-corrected chi connectivity index (χ1v) is 7.11. The minimum atomic E-state index is -0.251. The van der Waals surface area contributed by atoms with Gasteiger partial charge >= 0.3 is 0 Å². The van der Waals surface area contributed by atoms with E-state index >= 15 is 0 Å². The van der Waals surface area contributed by atoms with Gasteiger partial charge in [-0.2, -0.15) is 0 Å². The molecule has 0 amide bonds. The largest absolute Gasteiger partial charge is 0.506 e. The van der Waals surface area contributed by atoms with Gasteiger partial charge in [-0.1, -0.05) is 11.6 Å². The molecule has 0 saturated carbocycles. The Balaban J connectivity index is 2.14. The lowest BCUT2D eigenvalue weighted by atomic mass is 10.1. The maximum Gasteiger partial charge on any atom is 0.191 e. The zero-order valence-electron chi connectivity index (χ0n) is 12.7. The molecule has 6 heteroatoms. The molecule has 0 aliphatic rings. The highest BCUT2D eigenvalue weighted by Crippen LogP contribution is 2.27. The van der Waals surface area contributed by atoms with Crippen molar-refractivity contribution in [3.05, 3.63) is 59.3 Å². The number of allylic oxidation sites excluding steroid dienone is 1. The van der Waals surface area contributed by atoms with Gasteiger partial charge in [0, 0.05) is 23.4 Å². The molecule has 120 valence electrons. The summed E-state index contributed by atoms with van der Waals surface area (Å²) in [7, 11) is 3.02.